The highest BCUT2D eigenvalue weighted by Gasteiger charge is 1.87. The summed E-state index contributed by atoms with van der Waals surface area (Å²) in [5, 5.41) is 3.22. The van der Waals surface area contributed by atoms with Crippen LogP contribution in [0.2, 0.25) is 0 Å². The summed E-state index contributed by atoms with van der Waals surface area (Å²) in [6.07, 6.45) is 0. The Morgan fingerprint density at radius 1 is 1.50 bits per heavy atom. The molecule has 0 saturated heterocycles. The van der Waals surface area contributed by atoms with Gasteiger partial charge in [-0.2, -0.15) is 0 Å². The molecular weight excluding hydrogens is 102 g/mol. The second kappa shape index (κ2) is 5.06. The summed E-state index contributed by atoms with van der Waals surface area (Å²) in [7, 11) is 1.71. The zero-order valence-corrected chi connectivity index (χ0v) is 5.90. The standard InChI is InChI=1S/C6H15NO/c1-6(2)7-4-5-8-3/h6-7H,4-5H2,1-3H3. The normalized spacial score (nSPS) is 10.5. The van der Waals surface area contributed by atoms with Crippen molar-refractivity contribution >= 4 is 0 Å². The minimum absolute atomic E-state index is 0.574. The van der Waals surface area contributed by atoms with Crippen LogP contribution in [0.25, 0.3) is 0 Å². The van der Waals surface area contributed by atoms with Gasteiger partial charge in [0.25, 0.3) is 0 Å². The maximum Gasteiger partial charge on any atom is 0.0587 e. The molecule has 0 heterocycles. The average molecular weight is 117 g/mol. The lowest BCUT2D eigenvalue weighted by Crippen LogP contribution is -2.26. The molecule has 1 N–H and O–H groups in total. The molecule has 0 rings (SSSR count). The van der Waals surface area contributed by atoms with Crippen LogP contribution in [0.4, 0.5) is 0 Å². The van der Waals surface area contributed by atoms with Gasteiger partial charge in [-0.05, 0) is 0 Å². The van der Waals surface area contributed by atoms with Gasteiger partial charge in [0.1, 0.15) is 0 Å². The molecule has 0 aliphatic rings. The Balaban J connectivity index is 2.72. The fourth-order valence-corrected chi connectivity index (χ4v) is 0.450. The van der Waals surface area contributed by atoms with Gasteiger partial charge in [0.2, 0.25) is 0 Å². The van der Waals surface area contributed by atoms with Crippen LogP contribution in [0, 0.1) is 0 Å². The molecule has 0 aliphatic carbocycles. The van der Waals surface area contributed by atoms with Gasteiger partial charge in [0.05, 0.1) is 6.61 Å². The van der Waals surface area contributed by atoms with Gasteiger partial charge in [-0.1, -0.05) is 13.8 Å². The molecule has 0 amide bonds. The molecule has 0 atom stereocenters. The van der Waals surface area contributed by atoms with Gasteiger partial charge in [0, 0.05) is 19.7 Å². The van der Waals surface area contributed by atoms with Gasteiger partial charge >= 0.3 is 0 Å². The van der Waals surface area contributed by atoms with E-state index in [1.54, 1.807) is 7.11 Å². The summed E-state index contributed by atoms with van der Waals surface area (Å²) in [4.78, 5) is 0. The molecule has 2 nitrogen and oxygen atoms in total. The molecule has 0 bridgehead atoms. The lowest BCUT2D eigenvalue weighted by Gasteiger charge is -2.05. The maximum atomic E-state index is 4.83. The van der Waals surface area contributed by atoms with Crippen LogP contribution in [0.3, 0.4) is 0 Å². The van der Waals surface area contributed by atoms with Crippen LogP contribution in [0.15, 0.2) is 0 Å². The molecule has 0 aromatic heterocycles. The highest BCUT2D eigenvalue weighted by molar-refractivity contribution is 4.49. The quantitative estimate of drug-likeness (QED) is 0.545. The molecule has 0 unspecified atom stereocenters. The van der Waals surface area contributed by atoms with Gasteiger partial charge < -0.3 is 10.1 Å². The third kappa shape index (κ3) is 5.92. The number of hydrogen-bond acceptors (Lipinski definition) is 2. The number of nitrogens with one attached hydrogen (secondary N) is 1. The topological polar surface area (TPSA) is 21.3 Å². The Hall–Kier alpha value is -0.0800. The van der Waals surface area contributed by atoms with Crippen molar-refractivity contribution < 1.29 is 4.74 Å². The first-order valence-corrected chi connectivity index (χ1v) is 2.99. The van der Waals surface area contributed by atoms with Crippen molar-refractivity contribution in [3.63, 3.8) is 0 Å². The van der Waals surface area contributed by atoms with Crippen molar-refractivity contribution in [3.8, 4) is 0 Å². The van der Waals surface area contributed by atoms with E-state index in [-0.39, 0.29) is 0 Å². The fourth-order valence-electron chi connectivity index (χ4n) is 0.450. The van der Waals surface area contributed by atoms with Gasteiger partial charge in [0.15, 0.2) is 0 Å². The van der Waals surface area contributed by atoms with Gasteiger partial charge in [-0.25, -0.2) is 0 Å². The van der Waals surface area contributed by atoms with Crippen LogP contribution >= 0.6 is 0 Å². The maximum absolute atomic E-state index is 4.83. The summed E-state index contributed by atoms with van der Waals surface area (Å²) in [5.74, 6) is 0. The molecule has 2 heteroatoms. The van der Waals surface area contributed by atoms with Gasteiger partial charge in [-0.15, -0.1) is 0 Å². The van der Waals surface area contributed by atoms with Crippen molar-refractivity contribution in [2.24, 2.45) is 0 Å². The lowest BCUT2D eigenvalue weighted by atomic mass is 10.4. The van der Waals surface area contributed by atoms with E-state index in [0.717, 1.165) is 13.2 Å². The molecule has 50 valence electrons. The van der Waals surface area contributed by atoms with Crippen molar-refractivity contribution in [3.05, 3.63) is 0 Å². The monoisotopic (exact) mass is 117 g/mol. The largest absolute Gasteiger partial charge is 0.383 e. The van der Waals surface area contributed by atoms with E-state index in [1.807, 2.05) is 0 Å². The average Bonchev–Trinajstić information content (AvgIpc) is 1.66. The highest BCUT2D eigenvalue weighted by Crippen LogP contribution is 1.73. The number of methoxy groups -OCH3 is 1. The van der Waals surface area contributed by atoms with Crippen LogP contribution < -0.4 is 5.32 Å². The van der Waals surface area contributed by atoms with E-state index in [2.05, 4.69) is 19.2 Å². The van der Waals surface area contributed by atoms with E-state index in [0.29, 0.717) is 6.04 Å². The predicted molar refractivity (Wildman–Crippen MR) is 35.0 cm³/mol. The first-order chi connectivity index (χ1) is 3.77. The summed E-state index contributed by atoms with van der Waals surface area (Å²) >= 11 is 0. The van der Waals surface area contributed by atoms with Crippen molar-refractivity contribution in [2.75, 3.05) is 20.3 Å². The molecular formula is C6H15NO. The minimum atomic E-state index is 0.574. The minimum Gasteiger partial charge on any atom is -0.383 e. The fraction of sp³-hybridized carbons (Fsp3) is 1.00. The smallest absolute Gasteiger partial charge is 0.0587 e. The third-order valence-corrected chi connectivity index (χ3v) is 0.859. The Labute approximate surface area is 51.2 Å². The van der Waals surface area contributed by atoms with E-state index < -0.39 is 0 Å². The molecule has 0 aromatic carbocycles. The predicted octanol–water partition coefficient (Wildman–Crippen LogP) is 0.631. The summed E-state index contributed by atoms with van der Waals surface area (Å²) in [6, 6.07) is 0.574. The van der Waals surface area contributed by atoms with E-state index in [1.165, 1.54) is 0 Å². The first kappa shape index (κ1) is 7.92. The zero-order valence-electron chi connectivity index (χ0n) is 5.90. The SMILES string of the molecule is COCCNC(C)C. The molecule has 0 spiro atoms. The van der Waals surface area contributed by atoms with Crippen LogP contribution in [0.5, 0.6) is 0 Å². The Morgan fingerprint density at radius 3 is 2.50 bits per heavy atom. The molecule has 0 aromatic rings. The Morgan fingerprint density at radius 2 is 2.12 bits per heavy atom. The van der Waals surface area contributed by atoms with E-state index in [4.69, 9.17) is 4.74 Å². The lowest BCUT2D eigenvalue weighted by molar-refractivity contribution is 0.197. The molecule has 0 aliphatic heterocycles. The molecule has 0 saturated carbocycles. The first-order valence-electron chi connectivity index (χ1n) is 2.99. The van der Waals surface area contributed by atoms with E-state index >= 15 is 0 Å². The number of hydrogen-bond donors (Lipinski definition) is 1. The van der Waals surface area contributed by atoms with Crippen molar-refractivity contribution in [2.45, 2.75) is 19.9 Å². The Bertz CT molecular complexity index is 45.8. The molecule has 8 heavy (non-hydrogen) atoms. The van der Waals surface area contributed by atoms with E-state index in [9.17, 15) is 0 Å². The molecule has 0 radical (unpaired) electrons. The van der Waals surface area contributed by atoms with Crippen molar-refractivity contribution in [1.29, 1.82) is 0 Å². The van der Waals surface area contributed by atoms with Crippen LogP contribution in [-0.2, 0) is 4.74 Å². The Kier molecular flexibility index (Phi) is 5.01. The third-order valence-electron chi connectivity index (χ3n) is 0.859. The van der Waals surface area contributed by atoms with Crippen LogP contribution in [0.1, 0.15) is 13.8 Å². The zero-order chi connectivity index (χ0) is 6.41. The summed E-state index contributed by atoms with van der Waals surface area (Å²) in [6.45, 7) is 6.00. The summed E-state index contributed by atoms with van der Waals surface area (Å²) < 4.78 is 4.83. The number of rotatable bonds is 4. The second-order valence-corrected chi connectivity index (χ2v) is 2.10. The van der Waals surface area contributed by atoms with Crippen LogP contribution in [-0.4, -0.2) is 26.3 Å². The summed E-state index contributed by atoms with van der Waals surface area (Å²) in [5.41, 5.74) is 0. The second-order valence-electron chi connectivity index (χ2n) is 2.10. The van der Waals surface area contributed by atoms with Gasteiger partial charge in [-0.3, -0.25) is 0 Å². The number of ether oxygens (including phenoxy) is 1. The molecule has 0 fully saturated rings. The highest BCUT2D eigenvalue weighted by atomic mass is 16.5. The van der Waals surface area contributed by atoms with Crippen molar-refractivity contribution in [1.82, 2.24) is 5.32 Å².